The summed E-state index contributed by atoms with van der Waals surface area (Å²) in [5, 5.41) is 3.47. The summed E-state index contributed by atoms with van der Waals surface area (Å²) in [5.74, 6) is 0. The lowest BCUT2D eigenvalue weighted by Crippen LogP contribution is -2.37. The SMILES string of the molecule is CCP(=O)(CC)CN1CCNCCN(CP(=O)(CC)CC)CC1. The van der Waals surface area contributed by atoms with Crippen LogP contribution in [-0.4, -0.2) is 86.3 Å². The minimum absolute atomic E-state index is 0.731. The second kappa shape index (κ2) is 10.4. The highest BCUT2D eigenvalue weighted by atomic mass is 31.2. The first-order valence-electron chi connectivity index (χ1n) is 9.20. The van der Waals surface area contributed by atoms with E-state index in [1.165, 1.54) is 0 Å². The Morgan fingerprint density at radius 2 is 1.04 bits per heavy atom. The van der Waals surface area contributed by atoms with E-state index in [2.05, 4.69) is 15.1 Å². The van der Waals surface area contributed by atoms with Crippen molar-refractivity contribution in [3.05, 3.63) is 0 Å². The number of hydrogen-bond acceptors (Lipinski definition) is 5. The number of hydrogen-bond donors (Lipinski definition) is 1. The second-order valence-electron chi connectivity index (χ2n) is 6.65. The van der Waals surface area contributed by atoms with E-state index in [-0.39, 0.29) is 0 Å². The third-order valence-electron chi connectivity index (χ3n) is 5.16. The summed E-state index contributed by atoms with van der Waals surface area (Å²) >= 11 is 0. The summed E-state index contributed by atoms with van der Waals surface area (Å²) in [7, 11) is -4.09. The van der Waals surface area contributed by atoms with Crippen LogP contribution in [0.1, 0.15) is 27.7 Å². The van der Waals surface area contributed by atoms with Gasteiger partial charge in [0.25, 0.3) is 0 Å². The lowest BCUT2D eigenvalue weighted by molar-refractivity contribution is 0.256. The standard InChI is InChI=1S/C16H37N3O2P2/c1-5-22(20,6-2)15-18-11-9-17-10-12-19(14-13-18)16-23(21,7-3)8-4/h17H,5-16H2,1-4H3. The van der Waals surface area contributed by atoms with Crippen LogP contribution in [0.25, 0.3) is 0 Å². The molecule has 0 bridgehead atoms. The van der Waals surface area contributed by atoms with Crippen LogP contribution in [0, 0.1) is 0 Å². The Labute approximate surface area is 143 Å². The van der Waals surface area contributed by atoms with Crippen molar-refractivity contribution < 1.29 is 9.13 Å². The first kappa shape index (κ1) is 21.4. The van der Waals surface area contributed by atoms with Gasteiger partial charge in [0, 0.05) is 39.3 Å². The van der Waals surface area contributed by atoms with Gasteiger partial charge in [-0.05, 0) is 24.6 Å². The molecule has 1 rings (SSSR count). The summed E-state index contributed by atoms with van der Waals surface area (Å²) in [5.41, 5.74) is 0. The number of nitrogens with one attached hydrogen (secondary N) is 1. The fourth-order valence-electron chi connectivity index (χ4n) is 2.96. The molecule has 0 saturated carbocycles. The maximum absolute atomic E-state index is 12.8. The summed E-state index contributed by atoms with van der Waals surface area (Å²) in [4.78, 5) is 4.70. The molecular formula is C16H37N3O2P2. The highest BCUT2D eigenvalue weighted by Gasteiger charge is 2.25. The second-order valence-corrected chi connectivity index (χ2v) is 14.0. The Balaban J connectivity index is 2.67. The highest BCUT2D eigenvalue weighted by Crippen LogP contribution is 2.46. The van der Waals surface area contributed by atoms with E-state index < -0.39 is 14.3 Å². The van der Waals surface area contributed by atoms with Crippen molar-refractivity contribution in [2.75, 3.05) is 76.5 Å². The molecule has 138 valence electrons. The van der Waals surface area contributed by atoms with Gasteiger partial charge in [0.05, 0.1) is 12.6 Å². The van der Waals surface area contributed by atoms with E-state index in [4.69, 9.17) is 0 Å². The molecule has 1 fully saturated rings. The Morgan fingerprint density at radius 1 is 0.696 bits per heavy atom. The molecular weight excluding hydrogens is 328 g/mol. The van der Waals surface area contributed by atoms with Crippen LogP contribution >= 0.6 is 14.3 Å². The molecule has 0 aliphatic carbocycles. The van der Waals surface area contributed by atoms with Crippen molar-refractivity contribution >= 4 is 14.3 Å². The maximum Gasteiger partial charge on any atom is 0.100 e. The van der Waals surface area contributed by atoms with E-state index in [1.54, 1.807) is 0 Å². The quantitative estimate of drug-likeness (QED) is 0.671. The molecule has 1 saturated heterocycles. The average Bonchev–Trinajstić information content (AvgIpc) is 2.67. The average molecular weight is 365 g/mol. The van der Waals surface area contributed by atoms with Gasteiger partial charge in [-0.3, -0.25) is 9.80 Å². The first-order valence-corrected chi connectivity index (χ1v) is 13.7. The van der Waals surface area contributed by atoms with E-state index >= 15 is 0 Å². The minimum Gasteiger partial charge on any atom is -0.322 e. The van der Waals surface area contributed by atoms with Gasteiger partial charge in [-0.1, -0.05) is 27.7 Å². The zero-order valence-corrected chi connectivity index (χ0v) is 17.4. The maximum atomic E-state index is 12.8. The molecule has 0 spiro atoms. The lowest BCUT2D eigenvalue weighted by atomic mass is 10.5. The Bertz CT molecular complexity index is 378. The van der Waals surface area contributed by atoms with Crippen molar-refractivity contribution in [3.8, 4) is 0 Å². The molecule has 5 nitrogen and oxygen atoms in total. The van der Waals surface area contributed by atoms with Crippen LogP contribution in [0.15, 0.2) is 0 Å². The molecule has 0 atom stereocenters. The zero-order valence-electron chi connectivity index (χ0n) is 15.6. The predicted molar refractivity (Wildman–Crippen MR) is 103 cm³/mol. The molecule has 1 heterocycles. The van der Waals surface area contributed by atoms with Crippen molar-refractivity contribution in [1.29, 1.82) is 0 Å². The third kappa shape index (κ3) is 7.40. The zero-order chi connectivity index (χ0) is 17.3. The van der Waals surface area contributed by atoms with Gasteiger partial charge in [-0.15, -0.1) is 0 Å². The van der Waals surface area contributed by atoms with E-state index in [0.717, 1.165) is 76.5 Å². The molecule has 0 aromatic heterocycles. The molecule has 0 aromatic rings. The van der Waals surface area contributed by atoms with Crippen LogP contribution in [0.5, 0.6) is 0 Å². The van der Waals surface area contributed by atoms with Gasteiger partial charge >= 0.3 is 0 Å². The molecule has 0 unspecified atom stereocenters. The molecule has 23 heavy (non-hydrogen) atoms. The first-order chi connectivity index (χ1) is 10.9. The topological polar surface area (TPSA) is 52.7 Å². The van der Waals surface area contributed by atoms with Gasteiger partial charge < -0.3 is 14.4 Å². The number of nitrogens with zero attached hydrogens (tertiary/aromatic N) is 2. The number of rotatable bonds is 8. The fraction of sp³-hybridized carbons (Fsp3) is 1.00. The Kier molecular flexibility index (Phi) is 9.63. The van der Waals surface area contributed by atoms with Crippen molar-refractivity contribution in [1.82, 2.24) is 15.1 Å². The van der Waals surface area contributed by atoms with Crippen molar-refractivity contribution in [3.63, 3.8) is 0 Å². The van der Waals surface area contributed by atoms with Crippen molar-refractivity contribution in [2.24, 2.45) is 0 Å². The van der Waals surface area contributed by atoms with Crippen LogP contribution < -0.4 is 5.32 Å². The van der Waals surface area contributed by atoms with Crippen LogP contribution in [0.3, 0.4) is 0 Å². The molecule has 1 aliphatic rings. The van der Waals surface area contributed by atoms with Crippen LogP contribution in [0.2, 0.25) is 0 Å². The molecule has 7 heteroatoms. The predicted octanol–water partition coefficient (Wildman–Crippen LogP) is 2.91. The molecule has 0 radical (unpaired) electrons. The van der Waals surface area contributed by atoms with Crippen LogP contribution in [-0.2, 0) is 9.13 Å². The monoisotopic (exact) mass is 365 g/mol. The van der Waals surface area contributed by atoms with E-state index in [9.17, 15) is 9.13 Å². The third-order valence-corrected chi connectivity index (χ3v) is 11.6. The van der Waals surface area contributed by atoms with Gasteiger partial charge in [0.2, 0.25) is 0 Å². The highest BCUT2D eigenvalue weighted by molar-refractivity contribution is 7.64. The summed E-state index contributed by atoms with van der Waals surface area (Å²) < 4.78 is 25.6. The molecule has 1 aliphatic heterocycles. The minimum atomic E-state index is -2.04. The van der Waals surface area contributed by atoms with Gasteiger partial charge in [-0.25, -0.2) is 0 Å². The van der Waals surface area contributed by atoms with Crippen molar-refractivity contribution in [2.45, 2.75) is 27.7 Å². The van der Waals surface area contributed by atoms with Gasteiger partial charge in [0.1, 0.15) is 14.3 Å². The lowest BCUT2D eigenvalue weighted by Gasteiger charge is -2.30. The normalized spacial score (nSPS) is 20.0. The fourth-order valence-corrected chi connectivity index (χ4v) is 6.68. The molecule has 0 amide bonds. The smallest absolute Gasteiger partial charge is 0.100 e. The molecule has 0 aromatic carbocycles. The van der Waals surface area contributed by atoms with E-state index in [1.807, 2.05) is 27.7 Å². The van der Waals surface area contributed by atoms with E-state index in [0.29, 0.717) is 0 Å². The Morgan fingerprint density at radius 3 is 1.35 bits per heavy atom. The summed E-state index contributed by atoms with van der Waals surface area (Å²) in [6.45, 7) is 13.8. The summed E-state index contributed by atoms with van der Waals surface area (Å²) in [6.07, 6.45) is 4.62. The largest absolute Gasteiger partial charge is 0.322 e. The van der Waals surface area contributed by atoms with Crippen LogP contribution in [0.4, 0.5) is 0 Å². The molecule has 1 N–H and O–H groups in total. The van der Waals surface area contributed by atoms with Gasteiger partial charge in [-0.2, -0.15) is 0 Å². The van der Waals surface area contributed by atoms with Gasteiger partial charge in [0.15, 0.2) is 0 Å². The Hall–Kier alpha value is 0.340. The summed E-state index contributed by atoms with van der Waals surface area (Å²) in [6, 6.07) is 0.